The van der Waals surface area contributed by atoms with Gasteiger partial charge >= 0.3 is 0 Å². The van der Waals surface area contributed by atoms with Gasteiger partial charge in [-0.2, -0.15) is 0 Å². The summed E-state index contributed by atoms with van der Waals surface area (Å²) in [6, 6.07) is 0. The van der Waals surface area contributed by atoms with Crippen LogP contribution in [0.2, 0.25) is 0 Å². The van der Waals surface area contributed by atoms with Crippen LogP contribution in [0.5, 0.6) is 0 Å². The van der Waals surface area contributed by atoms with Crippen molar-refractivity contribution in [3.8, 4) is 0 Å². The van der Waals surface area contributed by atoms with Crippen LogP contribution in [0.15, 0.2) is 0 Å². The Morgan fingerprint density at radius 1 is 1.86 bits per heavy atom. The zero-order valence-electron chi connectivity index (χ0n) is 4.06. The molecule has 0 fully saturated rings. The Labute approximate surface area is 56.8 Å². The summed E-state index contributed by atoms with van der Waals surface area (Å²) in [4.78, 5) is 0. The van der Waals surface area contributed by atoms with Crippen LogP contribution in [0.4, 0.5) is 0 Å². The molecule has 0 aliphatic heterocycles. The Bertz CT molecular complexity index is 49.0. The molecule has 3 heteroatoms. The zero-order valence-corrected chi connectivity index (χ0v) is 6.41. The third kappa shape index (κ3) is 3.32. The van der Waals surface area contributed by atoms with Crippen molar-refractivity contribution in [3.05, 3.63) is 0 Å². The second kappa shape index (κ2) is 3.70. The summed E-state index contributed by atoms with van der Waals surface area (Å²) >= 11 is 8.53. The molecule has 44 valence electrons. The lowest BCUT2D eigenvalue weighted by atomic mass is 10.3. The molecule has 7 heavy (non-hydrogen) atoms. The molecule has 2 atom stereocenters. The minimum Gasteiger partial charge on any atom is -0.391 e. The number of aliphatic hydroxyl groups is 1. The lowest BCUT2D eigenvalue weighted by Crippen LogP contribution is -2.18. The van der Waals surface area contributed by atoms with Crippen molar-refractivity contribution in [3.63, 3.8) is 0 Å². The van der Waals surface area contributed by atoms with Gasteiger partial charge in [0.15, 0.2) is 0 Å². The molecule has 2 unspecified atom stereocenters. The van der Waals surface area contributed by atoms with Crippen molar-refractivity contribution in [1.29, 1.82) is 0 Å². The van der Waals surface area contributed by atoms with E-state index >= 15 is 0 Å². The minimum absolute atomic E-state index is 0.153. The molecule has 0 saturated carbocycles. The van der Waals surface area contributed by atoms with Gasteiger partial charge in [0, 0.05) is 5.33 Å². The number of halogens is 2. The third-order valence-electron chi connectivity index (χ3n) is 0.688. The second-order valence-electron chi connectivity index (χ2n) is 1.40. The van der Waals surface area contributed by atoms with Gasteiger partial charge in [-0.15, -0.1) is 11.6 Å². The molecule has 0 spiro atoms. The highest BCUT2D eigenvalue weighted by molar-refractivity contribution is 9.09. The number of hydrogen-bond donors (Lipinski definition) is 1. The Hall–Kier alpha value is 0.730. The van der Waals surface area contributed by atoms with Gasteiger partial charge in [-0.3, -0.25) is 0 Å². The average Bonchev–Trinajstić information content (AvgIpc) is 1.65. The summed E-state index contributed by atoms with van der Waals surface area (Å²) in [7, 11) is 0. The van der Waals surface area contributed by atoms with E-state index in [0.29, 0.717) is 5.33 Å². The van der Waals surface area contributed by atoms with Crippen molar-refractivity contribution in [1.82, 2.24) is 0 Å². The smallest absolute Gasteiger partial charge is 0.0797 e. The zero-order chi connectivity index (χ0) is 5.86. The van der Waals surface area contributed by atoms with Crippen LogP contribution in [0, 0.1) is 0 Å². The first-order chi connectivity index (χ1) is 3.18. The summed E-state index contributed by atoms with van der Waals surface area (Å²) in [5.74, 6) is 0. The Balaban J connectivity index is 3.14. The maximum absolute atomic E-state index is 8.76. The van der Waals surface area contributed by atoms with Gasteiger partial charge in [-0.05, 0) is 6.92 Å². The largest absolute Gasteiger partial charge is 0.391 e. The molecule has 0 saturated heterocycles. The van der Waals surface area contributed by atoms with Gasteiger partial charge in [0.05, 0.1) is 11.5 Å². The second-order valence-corrected chi connectivity index (χ2v) is 2.74. The summed E-state index contributed by atoms with van der Waals surface area (Å²) in [6.07, 6.45) is -0.415. The van der Waals surface area contributed by atoms with Gasteiger partial charge in [0.25, 0.3) is 0 Å². The fourth-order valence-corrected chi connectivity index (χ4v) is 0.988. The molecule has 0 rings (SSSR count). The summed E-state index contributed by atoms with van der Waals surface area (Å²) in [5, 5.41) is 9.16. The van der Waals surface area contributed by atoms with Crippen LogP contribution in [0.1, 0.15) is 6.92 Å². The van der Waals surface area contributed by atoms with E-state index in [-0.39, 0.29) is 5.38 Å². The highest BCUT2D eigenvalue weighted by Crippen LogP contribution is 2.02. The molecule has 0 aromatic carbocycles. The van der Waals surface area contributed by atoms with E-state index in [4.69, 9.17) is 16.7 Å². The first kappa shape index (κ1) is 7.73. The average molecular weight is 187 g/mol. The molecule has 0 heterocycles. The summed E-state index contributed by atoms with van der Waals surface area (Å²) < 4.78 is 0. The van der Waals surface area contributed by atoms with Crippen LogP contribution in [-0.4, -0.2) is 21.9 Å². The molecular weight excluding hydrogens is 179 g/mol. The standard InChI is InChI=1S/C4H8BrClO/c1-3(6)4(7)2-5/h3-4,7H,2H2,1H3. The summed E-state index contributed by atoms with van der Waals surface area (Å²) in [6.45, 7) is 1.76. The van der Waals surface area contributed by atoms with Crippen LogP contribution in [0.3, 0.4) is 0 Å². The number of aliphatic hydroxyl groups excluding tert-OH is 1. The van der Waals surface area contributed by atoms with Crippen molar-refractivity contribution in [2.75, 3.05) is 5.33 Å². The van der Waals surface area contributed by atoms with E-state index in [0.717, 1.165) is 0 Å². The van der Waals surface area contributed by atoms with Crippen LogP contribution < -0.4 is 0 Å². The molecule has 1 N–H and O–H groups in total. The van der Waals surface area contributed by atoms with Crippen molar-refractivity contribution < 1.29 is 5.11 Å². The maximum atomic E-state index is 8.76. The van der Waals surface area contributed by atoms with E-state index < -0.39 is 6.10 Å². The number of alkyl halides is 2. The van der Waals surface area contributed by atoms with Gasteiger partial charge in [0.1, 0.15) is 0 Å². The quantitative estimate of drug-likeness (QED) is 0.648. The maximum Gasteiger partial charge on any atom is 0.0797 e. The molecule has 0 amide bonds. The first-order valence-corrected chi connectivity index (χ1v) is 3.62. The number of rotatable bonds is 2. The van der Waals surface area contributed by atoms with Crippen molar-refractivity contribution in [2.45, 2.75) is 18.4 Å². The SMILES string of the molecule is CC(Cl)C(O)CBr. The van der Waals surface area contributed by atoms with Gasteiger partial charge in [-0.25, -0.2) is 0 Å². The molecule has 0 aliphatic carbocycles. The van der Waals surface area contributed by atoms with Crippen LogP contribution in [0.25, 0.3) is 0 Å². The van der Waals surface area contributed by atoms with E-state index in [1.807, 2.05) is 0 Å². The van der Waals surface area contributed by atoms with E-state index in [9.17, 15) is 0 Å². The normalized spacial score (nSPS) is 18.9. The monoisotopic (exact) mass is 186 g/mol. The molecular formula is C4H8BrClO. The minimum atomic E-state index is -0.415. The van der Waals surface area contributed by atoms with Crippen LogP contribution in [-0.2, 0) is 0 Å². The Kier molecular flexibility index (Phi) is 4.08. The lowest BCUT2D eigenvalue weighted by molar-refractivity contribution is 0.200. The highest BCUT2D eigenvalue weighted by Gasteiger charge is 2.06. The molecule has 0 aliphatic rings. The summed E-state index contributed by atoms with van der Waals surface area (Å²) in [5.41, 5.74) is 0. The topological polar surface area (TPSA) is 20.2 Å². The van der Waals surface area contributed by atoms with Gasteiger partial charge in [0.2, 0.25) is 0 Å². The van der Waals surface area contributed by atoms with Gasteiger partial charge < -0.3 is 5.11 Å². The number of hydrogen-bond acceptors (Lipinski definition) is 1. The molecule has 0 aromatic heterocycles. The first-order valence-electron chi connectivity index (χ1n) is 2.06. The third-order valence-corrected chi connectivity index (χ3v) is 1.64. The fraction of sp³-hybridized carbons (Fsp3) is 1.00. The highest BCUT2D eigenvalue weighted by atomic mass is 79.9. The molecule has 0 radical (unpaired) electrons. The molecule has 0 aromatic rings. The molecule has 1 nitrogen and oxygen atoms in total. The fourth-order valence-electron chi connectivity index (χ4n) is 0.123. The van der Waals surface area contributed by atoms with Crippen molar-refractivity contribution >= 4 is 27.5 Å². The predicted octanol–water partition coefficient (Wildman–Crippen LogP) is 1.37. The van der Waals surface area contributed by atoms with Crippen LogP contribution >= 0.6 is 27.5 Å². The predicted molar refractivity (Wildman–Crippen MR) is 35.1 cm³/mol. The van der Waals surface area contributed by atoms with E-state index in [2.05, 4.69) is 15.9 Å². The molecule has 0 bridgehead atoms. The van der Waals surface area contributed by atoms with E-state index in [1.54, 1.807) is 6.92 Å². The Morgan fingerprint density at radius 2 is 2.29 bits per heavy atom. The van der Waals surface area contributed by atoms with E-state index in [1.165, 1.54) is 0 Å². The lowest BCUT2D eigenvalue weighted by Gasteiger charge is -2.06. The Morgan fingerprint density at radius 3 is 2.29 bits per heavy atom. The van der Waals surface area contributed by atoms with Gasteiger partial charge in [-0.1, -0.05) is 15.9 Å². The van der Waals surface area contributed by atoms with Crippen molar-refractivity contribution in [2.24, 2.45) is 0 Å².